The Bertz CT molecular complexity index is 1090. The summed E-state index contributed by atoms with van der Waals surface area (Å²) in [6.07, 6.45) is 1.71. The summed E-state index contributed by atoms with van der Waals surface area (Å²) in [5.41, 5.74) is 1.68. The molecule has 2 aromatic carbocycles. The van der Waals surface area contributed by atoms with Gasteiger partial charge in [-0.15, -0.1) is 0 Å². The Morgan fingerprint density at radius 3 is 2.42 bits per heavy atom. The summed E-state index contributed by atoms with van der Waals surface area (Å²) in [5.74, 6) is 1.64. The molecule has 0 aliphatic heterocycles. The van der Waals surface area contributed by atoms with Crippen LogP contribution in [0.1, 0.15) is 33.6 Å². The number of methoxy groups -OCH3 is 1. The van der Waals surface area contributed by atoms with Crippen molar-refractivity contribution in [1.29, 1.82) is 0 Å². The molecule has 0 aliphatic rings. The highest BCUT2D eigenvalue weighted by Crippen LogP contribution is 2.27. The maximum absolute atomic E-state index is 12.9. The Morgan fingerprint density at radius 2 is 1.68 bits per heavy atom. The summed E-state index contributed by atoms with van der Waals surface area (Å²) in [7, 11) is 1.59. The molecule has 1 N–H and O–H groups in total. The zero-order valence-electron chi connectivity index (χ0n) is 17.0. The second-order valence-electron chi connectivity index (χ2n) is 6.78. The molecule has 0 aliphatic carbocycles. The van der Waals surface area contributed by atoms with Crippen molar-refractivity contribution >= 4 is 5.91 Å². The molecule has 0 fully saturated rings. The van der Waals surface area contributed by atoms with Crippen molar-refractivity contribution in [1.82, 2.24) is 10.3 Å². The number of amides is 1. The van der Waals surface area contributed by atoms with Gasteiger partial charge in [-0.2, -0.15) is 0 Å². The normalized spacial score (nSPS) is 11.5. The number of furan rings is 1. The highest BCUT2D eigenvalue weighted by molar-refractivity contribution is 5.92. The number of hydrogen-bond donors (Lipinski definition) is 1. The van der Waals surface area contributed by atoms with Crippen molar-refractivity contribution in [2.75, 3.05) is 7.11 Å². The smallest absolute Gasteiger partial charge is 0.287 e. The van der Waals surface area contributed by atoms with Crippen molar-refractivity contribution in [2.45, 2.75) is 12.6 Å². The van der Waals surface area contributed by atoms with Crippen LogP contribution in [0.25, 0.3) is 0 Å². The van der Waals surface area contributed by atoms with Crippen LogP contribution in [0.5, 0.6) is 11.5 Å². The summed E-state index contributed by atoms with van der Waals surface area (Å²) in [6, 6.07) is 25.6. The third-order valence-electron chi connectivity index (χ3n) is 4.72. The van der Waals surface area contributed by atoms with Crippen LogP contribution in [-0.2, 0) is 6.61 Å². The van der Waals surface area contributed by atoms with Gasteiger partial charge in [0.15, 0.2) is 17.3 Å². The molecule has 0 bridgehead atoms. The van der Waals surface area contributed by atoms with E-state index in [0.717, 1.165) is 11.3 Å². The van der Waals surface area contributed by atoms with Crippen LogP contribution in [-0.4, -0.2) is 18.0 Å². The fourth-order valence-corrected chi connectivity index (χ4v) is 3.19. The van der Waals surface area contributed by atoms with E-state index in [1.165, 1.54) is 0 Å². The molecule has 0 radical (unpaired) electrons. The van der Waals surface area contributed by atoms with Gasteiger partial charge < -0.3 is 19.2 Å². The van der Waals surface area contributed by atoms with Gasteiger partial charge in [-0.05, 0) is 42.0 Å². The Hall–Kier alpha value is -4.06. The zero-order valence-corrected chi connectivity index (χ0v) is 17.0. The number of nitrogens with one attached hydrogen (secondary N) is 1. The Morgan fingerprint density at radius 1 is 0.935 bits per heavy atom. The molecule has 2 heterocycles. The summed E-state index contributed by atoms with van der Waals surface area (Å²) < 4.78 is 16.8. The number of pyridine rings is 1. The van der Waals surface area contributed by atoms with Crippen molar-refractivity contribution < 1.29 is 18.7 Å². The average Bonchev–Trinajstić information content (AvgIpc) is 3.31. The van der Waals surface area contributed by atoms with Gasteiger partial charge in [0, 0.05) is 6.20 Å². The molecule has 6 nitrogen and oxygen atoms in total. The van der Waals surface area contributed by atoms with E-state index in [1.807, 2.05) is 72.8 Å². The van der Waals surface area contributed by atoms with Crippen LogP contribution < -0.4 is 14.8 Å². The van der Waals surface area contributed by atoms with Crippen LogP contribution in [0, 0.1) is 0 Å². The van der Waals surface area contributed by atoms with Gasteiger partial charge in [0.1, 0.15) is 12.4 Å². The van der Waals surface area contributed by atoms with E-state index in [1.54, 1.807) is 25.4 Å². The number of para-hydroxylation sites is 2. The number of nitrogens with zero attached hydrogens (tertiary/aromatic N) is 1. The molecule has 4 aromatic rings. The maximum Gasteiger partial charge on any atom is 0.287 e. The van der Waals surface area contributed by atoms with Crippen molar-refractivity contribution in [2.24, 2.45) is 0 Å². The van der Waals surface area contributed by atoms with Gasteiger partial charge in [0.05, 0.1) is 18.8 Å². The van der Waals surface area contributed by atoms with Gasteiger partial charge in [0.25, 0.3) is 5.91 Å². The molecular weight excluding hydrogens is 392 g/mol. The molecule has 0 saturated heterocycles. The topological polar surface area (TPSA) is 73.6 Å². The number of carbonyl (C=O) groups excluding carboxylic acids is 1. The third kappa shape index (κ3) is 4.93. The first-order valence-corrected chi connectivity index (χ1v) is 9.86. The van der Waals surface area contributed by atoms with Crippen LogP contribution >= 0.6 is 0 Å². The van der Waals surface area contributed by atoms with Crippen LogP contribution in [0.2, 0.25) is 0 Å². The SMILES string of the molecule is COc1ccccc1OCc1ccc(C(=O)N[C@H](c2ccccc2)c2ccccn2)o1. The first-order chi connectivity index (χ1) is 15.2. The molecule has 6 heteroatoms. The fraction of sp³-hybridized carbons (Fsp3) is 0.120. The predicted molar refractivity (Wildman–Crippen MR) is 116 cm³/mol. The average molecular weight is 414 g/mol. The third-order valence-corrected chi connectivity index (χ3v) is 4.72. The molecule has 0 unspecified atom stereocenters. The summed E-state index contributed by atoms with van der Waals surface area (Å²) in [5, 5.41) is 3.02. The fourth-order valence-electron chi connectivity index (χ4n) is 3.19. The summed E-state index contributed by atoms with van der Waals surface area (Å²) >= 11 is 0. The second kappa shape index (κ2) is 9.63. The van der Waals surface area contributed by atoms with Gasteiger partial charge in [-0.25, -0.2) is 0 Å². The van der Waals surface area contributed by atoms with E-state index >= 15 is 0 Å². The monoisotopic (exact) mass is 414 g/mol. The second-order valence-corrected chi connectivity index (χ2v) is 6.78. The van der Waals surface area contributed by atoms with E-state index in [4.69, 9.17) is 13.9 Å². The molecule has 4 rings (SSSR count). The quantitative estimate of drug-likeness (QED) is 0.449. The van der Waals surface area contributed by atoms with Crippen LogP contribution in [0.3, 0.4) is 0 Å². The van der Waals surface area contributed by atoms with Gasteiger partial charge in [-0.1, -0.05) is 48.5 Å². The summed E-state index contributed by atoms with van der Waals surface area (Å²) in [4.78, 5) is 17.3. The first-order valence-electron chi connectivity index (χ1n) is 9.86. The lowest BCUT2D eigenvalue weighted by atomic mass is 10.0. The highest BCUT2D eigenvalue weighted by atomic mass is 16.5. The summed E-state index contributed by atoms with van der Waals surface area (Å²) in [6.45, 7) is 0.177. The number of aromatic nitrogens is 1. The largest absolute Gasteiger partial charge is 0.493 e. The molecule has 0 spiro atoms. The molecule has 2 aromatic heterocycles. The Kier molecular flexibility index (Phi) is 6.28. The lowest BCUT2D eigenvalue weighted by molar-refractivity contribution is 0.0910. The van der Waals surface area contributed by atoms with Crippen molar-refractivity contribution in [3.05, 3.63) is 114 Å². The molecule has 1 amide bonds. The molecule has 156 valence electrons. The minimum absolute atomic E-state index is 0.177. The molecular formula is C25H22N2O4. The number of ether oxygens (including phenoxy) is 2. The minimum atomic E-state index is -0.395. The Balaban J connectivity index is 1.47. The van der Waals surface area contributed by atoms with E-state index < -0.39 is 6.04 Å². The maximum atomic E-state index is 12.9. The van der Waals surface area contributed by atoms with E-state index in [-0.39, 0.29) is 18.3 Å². The Labute approximate surface area is 180 Å². The number of rotatable bonds is 8. The van der Waals surface area contributed by atoms with Crippen molar-refractivity contribution in [3.63, 3.8) is 0 Å². The van der Waals surface area contributed by atoms with Crippen LogP contribution in [0.4, 0.5) is 0 Å². The minimum Gasteiger partial charge on any atom is -0.493 e. The lowest BCUT2D eigenvalue weighted by Gasteiger charge is -2.18. The lowest BCUT2D eigenvalue weighted by Crippen LogP contribution is -2.29. The number of carbonyl (C=O) groups is 1. The number of benzene rings is 2. The van der Waals surface area contributed by atoms with Gasteiger partial charge in [-0.3, -0.25) is 9.78 Å². The van der Waals surface area contributed by atoms with Gasteiger partial charge in [0.2, 0.25) is 0 Å². The van der Waals surface area contributed by atoms with E-state index in [0.29, 0.717) is 17.3 Å². The van der Waals surface area contributed by atoms with Crippen molar-refractivity contribution in [3.8, 4) is 11.5 Å². The van der Waals surface area contributed by atoms with Gasteiger partial charge >= 0.3 is 0 Å². The molecule has 1 atom stereocenters. The molecule has 0 saturated carbocycles. The zero-order chi connectivity index (χ0) is 21.5. The molecule has 31 heavy (non-hydrogen) atoms. The van der Waals surface area contributed by atoms with E-state index in [2.05, 4.69) is 10.3 Å². The van der Waals surface area contributed by atoms with Crippen LogP contribution in [0.15, 0.2) is 95.5 Å². The predicted octanol–water partition coefficient (Wildman–Crippen LogP) is 4.78. The van der Waals surface area contributed by atoms with E-state index in [9.17, 15) is 4.79 Å². The highest BCUT2D eigenvalue weighted by Gasteiger charge is 2.21. The standard InChI is InChI=1S/C25H22N2O4/c1-29-21-12-5-6-13-22(21)30-17-19-14-15-23(31-19)25(28)27-24(18-9-3-2-4-10-18)20-11-7-8-16-26-20/h2-16,24H,17H2,1H3,(H,27,28)/t24-/m1/s1. The number of hydrogen-bond acceptors (Lipinski definition) is 5. The first kappa shape index (κ1) is 20.2.